The smallest absolute Gasteiger partial charge is 0.387 e. The monoisotopic (exact) mass is 348 g/mol. The summed E-state index contributed by atoms with van der Waals surface area (Å²) >= 11 is 0. The molecule has 0 radical (unpaired) electrons. The average Bonchev–Trinajstić information content (AvgIpc) is 2.74. The number of ether oxygens (including phenoxy) is 1. The highest BCUT2D eigenvalue weighted by molar-refractivity contribution is 7.90. The van der Waals surface area contributed by atoms with E-state index >= 15 is 0 Å². The van der Waals surface area contributed by atoms with Crippen LogP contribution in [0.4, 0.5) is 8.78 Å². The maximum absolute atomic E-state index is 12.0. The van der Waals surface area contributed by atoms with Gasteiger partial charge in [0.25, 0.3) is 0 Å². The van der Waals surface area contributed by atoms with Gasteiger partial charge in [0.15, 0.2) is 5.25 Å². The Hall–Kier alpha value is -1.74. The maximum atomic E-state index is 12.0. The van der Waals surface area contributed by atoms with Gasteiger partial charge in [0.05, 0.1) is 0 Å². The fraction of sp³-hybridized carbons (Fsp3) is 0.500. The molecule has 6 nitrogen and oxygen atoms in total. The Labute approximate surface area is 133 Å². The normalized spacial score (nSPS) is 20.6. The summed E-state index contributed by atoms with van der Waals surface area (Å²) in [6.45, 7) is -2.26. The van der Waals surface area contributed by atoms with Crippen molar-refractivity contribution in [3.05, 3.63) is 29.8 Å². The van der Waals surface area contributed by atoms with E-state index < -0.39 is 27.8 Å². The van der Waals surface area contributed by atoms with Crippen LogP contribution in [0.2, 0.25) is 0 Å². The van der Waals surface area contributed by atoms with Gasteiger partial charge in [-0.25, -0.2) is 12.7 Å². The molecular formula is C14H18F2N2O4S. The molecule has 1 unspecified atom stereocenters. The van der Waals surface area contributed by atoms with Crippen LogP contribution >= 0.6 is 0 Å². The number of amides is 1. The van der Waals surface area contributed by atoms with Gasteiger partial charge in [0.2, 0.25) is 15.9 Å². The molecule has 1 atom stereocenters. The van der Waals surface area contributed by atoms with E-state index in [4.69, 9.17) is 0 Å². The predicted molar refractivity (Wildman–Crippen MR) is 79.7 cm³/mol. The molecule has 0 spiro atoms. The van der Waals surface area contributed by atoms with Crippen molar-refractivity contribution in [2.75, 3.05) is 20.1 Å². The Bertz CT molecular complexity index is 649. The highest BCUT2D eigenvalue weighted by Gasteiger charge is 2.41. The van der Waals surface area contributed by atoms with Crippen LogP contribution in [0, 0.1) is 0 Å². The molecule has 1 aliphatic rings. The minimum atomic E-state index is -3.54. The zero-order chi connectivity index (χ0) is 17.0. The van der Waals surface area contributed by atoms with Gasteiger partial charge in [0.1, 0.15) is 5.75 Å². The Kier molecular flexibility index (Phi) is 5.53. The lowest BCUT2D eigenvalue weighted by molar-refractivity contribution is -0.120. The lowest BCUT2D eigenvalue weighted by atomic mass is 10.1. The van der Waals surface area contributed by atoms with Crippen LogP contribution in [0.3, 0.4) is 0 Å². The molecule has 128 valence electrons. The molecule has 1 aromatic carbocycles. The van der Waals surface area contributed by atoms with Gasteiger partial charge in [-0.3, -0.25) is 4.79 Å². The molecule has 0 aliphatic carbocycles. The minimum Gasteiger partial charge on any atom is -0.435 e. The van der Waals surface area contributed by atoms with Crippen LogP contribution in [-0.4, -0.2) is 50.6 Å². The second-order valence-electron chi connectivity index (χ2n) is 5.21. The summed E-state index contributed by atoms with van der Waals surface area (Å²) < 4.78 is 53.2. The largest absolute Gasteiger partial charge is 0.435 e. The number of nitrogens with zero attached hydrogens (tertiary/aromatic N) is 1. The van der Waals surface area contributed by atoms with Crippen molar-refractivity contribution in [3.63, 3.8) is 0 Å². The van der Waals surface area contributed by atoms with Crippen LogP contribution < -0.4 is 10.1 Å². The predicted octanol–water partition coefficient (Wildman–Crippen LogP) is 0.981. The molecule has 1 aromatic rings. The Morgan fingerprint density at radius 1 is 1.39 bits per heavy atom. The van der Waals surface area contributed by atoms with E-state index in [0.717, 1.165) is 5.56 Å². The van der Waals surface area contributed by atoms with E-state index in [9.17, 15) is 22.0 Å². The number of carbonyl (C=O) groups excluding carboxylic acids is 1. The number of alkyl halides is 2. The summed E-state index contributed by atoms with van der Waals surface area (Å²) in [5.74, 6) is -0.445. The number of benzene rings is 1. The summed E-state index contributed by atoms with van der Waals surface area (Å²) in [7, 11) is -2.09. The van der Waals surface area contributed by atoms with E-state index in [1.807, 2.05) is 0 Å². The van der Waals surface area contributed by atoms with Gasteiger partial charge in [-0.05, 0) is 30.5 Å². The van der Waals surface area contributed by atoms with Crippen molar-refractivity contribution in [1.82, 2.24) is 9.62 Å². The van der Waals surface area contributed by atoms with E-state index in [1.165, 1.54) is 23.5 Å². The zero-order valence-electron chi connectivity index (χ0n) is 12.5. The van der Waals surface area contributed by atoms with Crippen molar-refractivity contribution in [2.45, 2.75) is 24.7 Å². The highest BCUT2D eigenvalue weighted by atomic mass is 32.2. The van der Waals surface area contributed by atoms with Gasteiger partial charge in [-0.1, -0.05) is 12.1 Å². The first-order valence-corrected chi connectivity index (χ1v) is 8.57. The van der Waals surface area contributed by atoms with Crippen LogP contribution in [0.15, 0.2) is 24.3 Å². The van der Waals surface area contributed by atoms with E-state index in [1.54, 1.807) is 12.1 Å². The molecule has 0 saturated carbocycles. The van der Waals surface area contributed by atoms with Crippen molar-refractivity contribution < 1.29 is 26.7 Å². The molecule has 9 heteroatoms. The minimum absolute atomic E-state index is 0.0628. The number of hydrogen-bond donors (Lipinski definition) is 1. The van der Waals surface area contributed by atoms with E-state index in [0.29, 0.717) is 13.0 Å². The number of hydrogen-bond acceptors (Lipinski definition) is 4. The number of sulfonamides is 1. The number of halogens is 2. The van der Waals surface area contributed by atoms with Gasteiger partial charge < -0.3 is 10.1 Å². The lowest BCUT2D eigenvalue weighted by Gasteiger charge is -2.12. The molecule has 1 fully saturated rings. The SMILES string of the molecule is CN1CCC(C(=O)NCCc2ccc(OC(F)F)cc2)S1(=O)=O. The zero-order valence-corrected chi connectivity index (χ0v) is 13.4. The van der Waals surface area contributed by atoms with Gasteiger partial charge in [0, 0.05) is 20.1 Å². The number of nitrogens with one attached hydrogen (secondary N) is 1. The number of rotatable bonds is 6. The molecule has 1 N–H and O–H groups in total. The molecule has 1 amide bonds. The fourth-order valence-corrected chi connectivity index (χ4v) is 3.89. The second-order valence-corrected chi connectivity index (χ2v) is 7.43. The third-order valence-corrected chi connectivity index (χ3v) is 5.87. The summed E-state index contributed by atoms with van der Waals surface area (Å²) in [4.78, 5) is 12.0. The maximum Gasteiger partial charge on any atom is 0.387 e. The molecule has 23 heavy (non-hydrogen) atoms. The van der Waals surface area contributed by atoms with Crippen LogP contribution in [-0.2, 0) is 21.2 Å². The van der Waals surface area contributed by atoms with E-state index in [2.05, 4.69) is 10.1 Å². The summed E-state index contributed by atoms with van der Waals surface area (Å²) in [6.07, 6.45) is 0.744. The van der Waals surface area contributed by atoms with Crippen LogP contribution in [0.1, 0.15) is 12.0 Å². The molecule has 0 bridgehead atoms. The Morgan fingerprint density at radius 2 is 2.04 bits per heavy atom. The van der Waals surface area contributed by atoms with Crippen molar-refractivity contribution in [1.29, 1.82) is 0 Å². The third kappa shape index (κ3) is 4.38. The molecule has 1 heterocycles. The molecule has 2 rings (SSSR count). The summed E-state index contributed by atoms with van der Waals surface area (Å²) in [5.41, 5.74) is 0.818. The molecule has 0 aromatic heterocycles. The first-order chi connectivity index (χ1) is 10.8. The quantitative estimate of drug-likeness (QED) is 0.832. The topological polar surface area (TPSA) is 75.7 Å². The second kappa shape index (κ2) is 7.22. The molecular weight excluding hydrogens is 330 g/mol. The van der Waals surface area contributed by atoms with E-state index in [-0.39, 0.29) is 18.7 Å². The van der Waals surface area contributed by atoms with Gasteiger partial charge in [-0.2, -0.15) is 8.78 Å². The third-order valence-electron chi connectivity index (χ3n) is 3.65. The van der Waals surface area contributed by atoms with Gasteiger partial charge >= 0.3 is 6.61 Å². The van der Waals surface area contributed by atoms with Crippen LogP contribution in [0.25, 0.3) is 0 Å². The Balaban J connectivity index is 1.82. The lowest BCUT2D eigenvalue weighted by Crippen LogP contribution is -2.40. The summed E-state index contributed by atoms with van der Waals surface area (Å²) in [5, 5.41) is 1.57. The van der Waals surface area contributed by atoms with Crippen LogP contribution in [0.5, 0.6) is 5.75 Å². The highest BCUT2D eigenvalue weighted by Crippen LogP contribution is 2.20. The average molecular weight is 348 g/mol. The number of carbonyl (C=O) groups is 1. The molecule has 1 saturated heterocycles. The Morgan fingerprint density at radius 3 is 2.57 bits per heavy atom. The standard InChI is InChI=1S/C14H18F2N2O4S/c1-18-9-7-12(23(18,20)21)13(19)17-8-6-10-2-4-11(5-3-10)22-14(15)16/h2-5,12,14H,6-9H2,1H3,(H,17,19). The van der Waals surface area contributed by atoms with Crippen molar-refractivity contribution in [3.8, 4) is 5.75 Å². The first kappa shape index (κ1) is 17.6. The fourth-order valence-electron chi connectivity index (χ4n) is 2.34. The molecule has 1 aliphatic heterocycles. The van der Waals surface area contributed by atoms with Crippen molar-refractivity contribution in [2.24, 2.45) is 0 Å². The summed E-state index contributed by atoms with van der Waals surface area (Å²) in [6, 6.07) is 6.06. The van der Waals surface area contributed by atoms with Crippen molar-refractivity contribution >= 4 is 15.9 Å². The van der Waals surface area contributed by atoms with Gasteiger partial charge in [-0.15, -0.1) is 0 Å². The first-order valence-electron chi connectivity index (χ1n) is 7.07.